The molecule has 1 atom stereocenters. The molecule has 9 nitrogen and oxygen atoms in total. The number of imide groups is 1. The standard InChI is InChI=1S/C26H22ClN3O6/c1-35-19-10-6-9-18(14-19)29-23(31)15-21(26(29)34)30(25(33)16-7-5-8-17(27)13-16)28-24(32)20-11-3-4-12-22(20)36-2/h3-14,21H,15H2,1-2H3,(H,28,32). The number of hydrazine groups is 1. The lowest BCUT2D eigenvalue weighted by atomic mass is 10.1. The number of nitrogens with zero attached hydrogens (tertiary/aromatic N) is 2. The van der Waals surface area contributed by atoms with Gasteiger partial charge in [-0.25, -0.2) is 9.91 Å². The van der Waals surface area contributed by atoms with Gasteiger partial charge in [0, 0.05) is 16.7 Å². The van der Waals surface area contributed by atoms with E-state index in [1.54, 1.807) is 48.5 Å². The molecule has 10 heteroatoms. The molecule has 4 rings (SSSR count). The topological polar surface area (TPSA) is 105 Å². The zero-order valence-electron chi connectivity index (χ0n) is 19.4. The Morgan fingerprint density at radius 3 is 2.44 bits per heavy atom. The third-order valence-electron chi connectivity index (χ3n) is 5.61. The molecule has 184 valence electrons. The highest BCUT2D eigenvalue weighted by atomic mass is 35.5. The van der Waals surface area contributed by atoms with Gasteiger partial charge in [-0.15, -0.1) is 0 Å². The first-order chi connectivity index (χ1) is 17.3. The number of hydrogen-bond acceptors (Lipinski definition) is 6. The second kappa shape index (κ2) is 10.5. The van der Waals surface area contributed by atoms with E-state index < -0.39 is 29.7 Å². The molecule has 1 fully saturated rings. The number of rotatable bonds is 6. The monoisotopic (exact) mass is 507 g/mol. The van der Waals surface area contributed by atoms with Crippen LogP contribution in [0.4, 0.5) is 5.69 Å². The maximum absolute atomic E-state index is 13.5. The number of hydrogen-bond donors (Lipinski definition) is 1. The summed E-state index contributed by atoms with van der Waals surface area (Å²) in [5.74, 6) is -1.88. The first-order valence-corrected chi connectivity index (χ1v) is 11.3. The maximum Gasteiger partial charge on any atom is 0.273 e. The third-order valence-corrected chi connectivity index (χ3v) is 5.85. The number of halogens is 1. The van der Waals surface area contributed by atoms with Gasteiger partial charge in [0.2, 0.25) is 5.91 Å². The molecule has 1 aliphatic rings. The van der Waals surface area contributed by atoms with Crippen molar-refractivity contribution in [2.45, 2.75) is 12.5 Å². The van der Waals surface area contributed by atoms with Gasteiger partial charge < -0.3 is 9.47 Å². The van der Waals surface area contributed by atoms with Gasteiger partial charge in [-0.3, -0.25) is 24.6 Å². The minimum atomic E-state index is -1.30. The first-order valence-electron chi connectivity index (χ1n) is 10.9. The van der Waals surface area contributed by atoms with Gasteiger partial charge in [-0.2, -0.15) is 0 Å². The number of ether oxygens (including phenoxy) is 2. The molecule has 0 saturated carbocycles. The smallest absolute Gasteiger partial charge is 0.273 e. The van der Waals surface area contributed by atoms with Crippen molar-refractivity contribution in [3.05, 3.63) is 88.9 Å². The van der Waals surface area contributed by atoms with Gasteiger partial charge in [0.25, 0.3) is 17.7 Å². The van der Waals surface area contributed by atoms with E-state index in [-0.39, 0.29) is 29.0 Å². The maximum atomic E-state index is 13.5. The van der Waals surface area contributed by atoms with Crippen molar-refractivity contribution >= 4 is 40.9 Å². The molecule has 1 aliphatic heterocycles. The van der Waals surface area contributed by atoms with Gasteiger partial charge in [-0.1, -0.05) is 35.9 Å². The number of carbonyl (C=O) groups is 4. The number of amides is 4. The quantitative estimate of drug-likeness (QED) is 0.404. The summed E-state index contributed by atoms with van der Waals surface area (Å²) in [6.07, 6.45) is -0.339. The second-order valence-corrected chi connectivity index (χ2v) is 8.25. The molecule has 0 bridgehead atoms. The van der Waals surface area contributed by atoms with E-state index in [0.29, 0.717) is 10.8 Å². The van der Waals surface area contributed by atoms with Crippen LogP contribution in [0.1, 0.15) is 27.1 Å². The highest BCUT2D eigenvalue weighted by Gasteiger charge is 2.45. The largest absolute Gasteiger partial charge is 0.497 e. The molecule has 4 amide bonds. The molecule has 0 radical (unpaired) electrons. The molecular formula is C26H22ClN3O6. The van der Waals surface area contributed by atoms with E-state index in [0.717, 1.165) is 9.91 Å². The van der Waals surface area contributed by atoms with E-state index >= 15 is 0 Å². The number of para-hydroxylation sites is 1. The molecule has 1 unspecified atom stereocenters. The molecule has 1 N–H and O–H groups in total. The fourth-order valence-electron chi connectivity index (χ4n) is 3.87. The predicted octanol–water partition coefficient (Wildman–Crippen LogP) is 3.48. The van der Waals surface area contributed by atoms with Crippen LogP contribution in [-0.2, 0) is 9.59 Å². The minimum Gasteiger partial charge on any atom is -0.497 e. The molecular weight excluding hydrogens is 486 g/mol. The molecule has 1 saturated heterocycles. The highest BCUT2D eigenvalue weighted by molar-refractivity contribution is 6.31. The fourth-order valence-corrected chi connectivity index (χ4v) is 4.06. The summed E-state index contributed by atoms with van der Waals surface area (Å²) in [7, 11) is 2.88. The Kier molecular flexibility index (Phi) is 7.21. The van der Waals surface area contributed by atoms with E-state index in [1.165, 1.54) is 38.5 Å². The van der Waals surface area contributed by atoms with Crippen molar-refractivity contribution in [3.8, 4) is 11.5 Å². The fraction of sp³-hybridized carbons (Fsp3) is 0.154. The van der Waals surface area contributed by atoms with Crippen LogP contribution in [0.3, 0.4) is 0 Å². The molecule has 0 aliphatic carbocycles. The van der Waals surface area contributed by atoms with Crippen molar-refractivity contribution in [3.63, 3.8) is 0 Å². The zero-order valence-corrected chi connectivity index (χ0v) is 20.2. The van der Waals surface area contributed by atoms with Crippen LogP contribution < -0.4 is 19.8 Å². The van der Waals surface area contributed by atoms with Crippen molar-refractivity contribution in [1.82, 2.24) is 10.4 Å². The Morgan fingerprint density at radius 1 is 0.972 bits per heavy atom. The van der Waals surface area contributed by atoms with Crippen molar-refractivity contribution in [2.24, 2.45) is 0 Å². The predicted molar refractivity (Wildman–Crippen MR) is 132 cm³/mol. The van der Waals surface area contributed by atoms with Crippen molar-refractivity contribution in [1.29, 1.82) is 0 Å². The van der Waals surface area contributed by atoms with Gasteiger partial charge in [0.05, 0.1) is 31.9 Å². The van der Waals surface area contributed by atoms with Gasteiger partial charge in [-0.05, 0) is 42.5 Å². The lowest BCUT2D eigenvalue weighted by molar-refractivity contribution is -0.122. The van der Waals surface area contributed by atoms with Crippen molar-refractivity contribution < 1.29 is 28.7 Å². The SMILES string of the molecule is COc1cccc(N2C(=O)CC(N(NC(=O)c3ccccc3OC)C(=O)c3cccc(Cl)c3)C2=O)c1. The molecule has 36 heavy (non-hydrogen) atoms. The Labute approximate surface area is 212 Å². The van der Waals surface area contributed by atoms with E-state index in [9.17, 15) is 19.2 Å². The number of carbonyl (C=O) groups excluding carboxylic acids is 4. The Balaban J connectivity index is 1.71. The molecule has 0 spiro atoms. The Bertz CT molecular complexity index is 1340. The van der Waals surface area contributed by atoms with Crippen LogP contribution in [0.2, 0.25) is 5.02 Å². The van der Waals surface area contributed by atoms with Gasteiger partial charge in [0.15, 0.2) is 0 Å². The van der Waals surface area contributed by atoms with E-state index in [2.05, 4.69) is 5.43 Å². The summed E-state index contributed by atoms with van der Waals surface area (Å²) in [5.41, 5.74) is 3.07. The normalized spacial score (nSPS) is 15.0. The van der Waals surface area contributed by atoms with E-state index in [1.807, 2.05) is 0 Å². The molecule has 0 aromatic heterocycles. The van der Waals surface area contributed by atoms with Gasteiger partial charge >= 0.3 is 0 Å². The first kappa shape index (κ1) is 24.7. The lowest BCUT2D eigenvalue weighted by Gasteiger charge is -2.28. The summed E-state index contributed by atoms with van der Waals surface area (Å²) in [4.78, 5) is 54.1. The minimum absolute atomic E-state index is 0.128. The average Bonchev–Trinajstić information content (AvgIpc) is 3.19. The zero-order chi connectivity index (χ0) is 25.8. The number of benzene rings is 3. The highest BCUT2D eigenvalue weighted by Crippen LogP contribution is 2.29. The average molecular weight is 508 g/mol. The van der Waals surface area contributed by atoms with Crippen LogP contribution in [0.15, 0.2) is 72.8 Å². The number of methoxy groups -OCH3 is 2. The number of nitrogens with one attached hydrogen (secondary N) is 1. The van der Waals surface area contributed by atoms with Crippen LogP contribution >= 0.6 is 11.6 Å². The summed E-state index contributed by atoms with van der Waals surface area (Å²) < 4.78 is 10.4. The second-order valence-electron chi connectivity index (χ2n) is 7.82. The Morgan fingerprint density at radius 2 is 1.72 bits per heavy atom. The van der Waals surface area contributed by atoms with E-state index in [4.69, 9.17) is 21.1 Å². The Hall–Kier alpha value is -4.37. The molecule has 1 heterocycles. The third kappa shape index (κ3) is 4.87. The van der Waals surface area contributed by atoms with Crippen LogP contribution in [0, 0.1) is 0 Å². The summed E-state index contributed by atoms with van der Waals surface area (Å²) in [6.45, 7) is 0. The summed E-state index contributed by atoms with van der Waals surface area (Å²) in [5, 5.41) is 1.17. The number of anilines is 1. The summed E-state index contributed by atoms with van der Waals surface area (Å²) in [6, 6.07) is 17.6. The van der Waals surface area contributed by atoms with Crippen molar-refractivity contribution in [2.75, 3.05) is 19.1 Å². The van der Waals surface area contributed by atoms with Crippen LogP contribution in [-0.4, -0.2) is 48.9 Å². The van der Waals surface area contributed by atoms with Gasteiger partial charge in [0.1, 0.15) is 17.5 Å². The lowest BCUT2D eigenvalue weighted by Crippen LogP contribution is -2.54. The molecule has 3 aromatic rings. The molecule has 3 aromatic carbocycles. The van der Waals surface area contributed by atoms with Crippen LogP contribution in [0.25, 0.3) is 0 Å². The van der Waals surface area contributed by atoms with Crippen LogP contribution in [0.5, 0.6) is 11.5 Å². The summed E-state index contributed by atoms with van der Waals surface area (Å²) >= 11 is 6.06.